The van der Waals surface area contributed by atoms with Crippen LogP contribution in [0.4, 0.5) is 10.1 Å². The molecule has 0 fully saturated rings. The third-order valence-corrected chi connectivity index (χ3v) is 2.30. The van der Waals surface area contributed by atoms with E-state index in [4.69, 9.17) is 10.5 Å². The number of nitrogens with two attached hydrogens (primary N) is 1. The Bertz CT molecular complexity index is 383. The molecule has 0 saturated carbocycles. The molecule has 1 rings (SSSR count). The monoisotopic (exact) mass is 240 g/mol. The molecule has 0 aliphatic carbocycles. The van der Waals surface area contributed by atoms with E-state index in [-0.39, 0.29) is 5.56 Å². The molecule has 1 aromatic rings. The molecule has 17 heavy (non-hydrogen) atoms. The molecule has 94 valence electrons. The molecule has 0 aliphatic rings. The van der Waals surface area contributed by atoms with Crippen LogP contribution < -0.4 is 11.1 Å². The van der Waals surface area contributed by atoms with E-state index in [0.717, 1.165) is 12.8 Å². The predicted molar refractivity (Wildman–Crippen MR) is 64.3 cm³/mol. The van der Waals surface area contributed by atoms with Crippen LogP contribution in [0.2, 0.25) is 0 Å². The van der Waals surface area contributed by atoms with Gasteiger partial charge in [0.15, 0.2) is 0 Å². The molecule has 5 heteroatoms. The molecular weight excluding hydrogens is 223 g/mol. The molecule has 4 nitrogen and oxygen atoms in total. The van der Waals surface area contributed by atoms with Gasteiger partial charge in [0, 0.05) is 25.9 Å². The van der Waals surface area contributed by atoms with Gasteiger partial charge in [-0.05, 0) is 31.0 Å². The zero-order valence-electron chi connectivity index (χ0n) is 9.83. The lowest BCUT2D eigenvalue weighted by atomic mass is 10.1. The number of anilines is 1. The molecule has 0 heterocycles. The number of amides is 1. The quantitative estimate of drug-likeness (QED) is 0.586. The average Bonchev–Trinajstić information content (AvgIpc) is 2.32. The Hall–Kier alpha value is -1.62. The van der Waals surface area contributed by atoms with Gasteiger partial charge in [-0.1, -0.05) is 0 Å². The SMILES string of the molecule is COCCCCNC(=O)c1cc(N)ccc1F. The highest BCUT2D eigenvalue weighted by Crippen LogP contribution is 2.11. The molecule has 0 atom stereocenters. The summed E-state index contributed by atoms with van der Waals surface area (Å²) < 4.78 is 18.2. The Kier molecular flexibility index (Phi) is 5.42. The minimum atomic E-state index is -0.561. The Morgan fingerprint density at radius 2 is 2.24 bits per heavy atom. The second-order valence-corrected chi connectivity index (χ2v) is 3.70. The molecule has 3 N–H and O–H groups in total. The summed E-state index contributed by atoms with van der Waals surface area (Å²) in [5.41, 5.74) is 5.85. The Balaban J connectivity index is 2.44. The van der Waals surface area contributed by atoms with Gasteiger partial charge in [-0.25, -0.2) is 4.39 Å². The van der Waals surface area contributed by atoms with Crippen molar-refractivity contribution < 1.29 is 13.9 Å². The standard InChI is InChI=1S/C12H17FN2O2/c1-17-7-3-2-6-15-12(16)10-8-9(14)4-5-11(10)13/h4-5,8H,2-3,6-7,14H2,1H3,(H,15,16). The number of ether oxygens (including phenoxy) is 1. The Morgan fingerprint density at radius 3 is 2.94 bits per heavy atom. The molecule has 0 aliphatic heterocycles. The van der Waals surface area contributed by atoms with Crippen LogP contribution in [0.5, 0.6) is 0 Å². The van der Waals surface area contributed by atoms with E-state index >= 15 is 0 Å². The largest absolute Gasteiger partial charge is 0.399 e. The number of halogens is 1. The normalized spacial score (nSPS) is 10.2. The smallest absolute Gasteiger partial charge is 0.254 e. The lowest BCUT2D eigenvalue weighted by Crippen LogP contribution is -2.25. The van der Waals surface area contributed by atoms with Crippen molar-refractivity contribution >= 4 is 11.6 Å². The van der Waals surface area contributed by atoms with Gasteiger partial charge in [0.2, 0.25) is 0 Å². The van der Waals surface area contributed by atoms with Gasteiger partial charge in [-0.3, -0.25) is 4.79 Å². The molecule has 0 saturated heterocycles. The van der Waals surface area contributed by atoms with E-state index in [1.165, 1.54) is 18.2 Å². The summed E-state index contributed by atoms with van der Waals surface area (Å²) in [7, 11) is 1.63. The molecule has 0 bridgehead atoms. The Labute approximate surface area is 100.0 Å². The summed E-state index contributed by atoms with van der Waals surface area (Å²) in [5.74, 6) is -0.999. The van der Waals surface area contributed by atoms with Crippen LogP contribution in [0.3, 0.4) is 0 Å². The van der Waals surface area contributed by atoms with Crippen LogP contribution in [0.25, 0.3) is 0 Å². The lowest BCUT2D eigenvalue weighted by molar-refractivity contribution is 0.0947. The van der Waals surface area contributed by atoms with Crippen LogP contribution in [0, 0.1) is 5.82 Å². The van der Waals surface area contributed by atoms with Crippen molar-refractivity contribution in [2.75, 3.05) is 26.0 Å². The first-order valence-electron chi connectivity index (χ1n) is 5.47. The lowest BCUT2D eigenvalue weighted by Gasteiger charge is -2.06. The molecule has 1 aromatic carbocycles. The number of methoxy groups -OCH3 is 1. The van der Waals surface area contributed by atoms with E-state index in [1.807, 2.05) is 0 Å². The fourth-order valence-electron chi connectivity index (χ4n) is 1.39. The topological polar surface area (TPSA) is 64.3 Å². The highest BCUT2D eigenvalue weighted by Gasteiger charge is 2.10. The number of unbranched alkanes of at least 4 members (excludes halogenated alkanes) is 1. The highest BCUT2D eigenvalue weighted by molar-refractivity contribution is 5.95. The maximum absolute atomic E-state index is 13.3. The zero-order chi connectivity index (χ0) is 12.7. The molecule has 0 unspecified atom stereocenters. The number of benzene rings is 1. The number of carbonyl (C=O) groups is 1. The number of hydrogen-bond donors (Lipinski definition) is 2. The summed E-state index contributed by atoms with van der Waals surface area (Å²) in [5, 5.41) is 2.64. The summed E-state index contributed by atoms with van der Waals surface area (Å²) >= 11 is 0. The third kappa shape index (κ3) is 4.40. The van der Waals surface area contributed by atoms with Crippen LogP contribution in [0.15, 0.2) is 18.2 Å². The fourth-order valence-corrected chi connectivity index (χ4v) is 1.39. The molecule has 0 aromatic heterocycles. The predicted octanol–water partition coefficient (Wildman–Crippen LogP) is 1.56. The van der Waals surface area contributed by atoms with Gasteiger partial charge >= 0.3 is 0 Å². The summed E-state index contributed by atoms with van der Waals surface area (Å²) in [4.78, 5) is 11.6. The zero-order valence-corrected chi connectivity index (χ0v) is 9.83. The van der Waals surface area contributed by atoms with Crippen LogP contribution in [-0.4, -0.2) is 26.2 Å². The minimum Gasteiger partial charge on any atom is -0.399 e. The average molecular weight is 240 g/mol. The van der Waals surface area contributed by atoms with E-state index in [2.05, 4.69) is 5.32 Å². The van der Waals surface area contributed by atoms with Crippen LogP contribution in [-0.2, 0) is 4.74 Å². The number of carbonyl (C=O) groups excluding carboxylic acids is 1. The molecule has 0 spiro atoms. The summed E-state index contributed by atoms with van der Waals surface area (Å²) in [6, 6.07) is 3.94. The van der Waals surface area contributed by atoms with E-state index in [1.54, 1.807) is 7.11 Å². The van der Waals surface area contributed by atoms with Crippen molar-refractivity contribution in [1.29, 1.82) is 0 Å². The minimum absolute atomic E-state index is 0.0169. The first kappa shape index (κ1) is 13.4. The third-order valence-electron chi connectivity index (χ3n) is 2.30. The van der Waals surface area contributed by atoms with Crippen molar-refractivity contribution in [3.05, 3.63) is 29.6 Å². The fraction of sp³-hybridized carbons (Fsp3) is 0.417. The first-order valence-corrected chi connectivity index (χ1v) is 5.47. The molecule has 1 amide bonds. The Morgan fingerprint density at radius 1 is 1.47 bits per heavy atom. The van der Waals surface area contributed by atoms with Gasteiger partial charge in [0.1, 0.15) is 5.82 Å². The van der Waals surface area contributed by atoms with Gasteiger partial charge in [0.05, 0.1) is 5.56 Å². The number of hydrogen-bond acceptors (Lipinski definition) is 3. The highest BCUT2D eigenvalue weighted by atomic mass is 19.1. The number of nitrogen functional groups attached to an aromatic ring is 1. The van der Waals surface area contributed by atoms with Crippen molar-refractivity contribution in [3.63, 3.8) is 0 Å². The molecular formula is C12H17FN2O2. The van der Waals surface area contributed by atoms with Crippen molar-refractivity contribution in [2.24, 2.45) is 0 Å². The van der Waals surface area contributed by atoms with Crippen LogP contribution in [0.1, 0.15) is 23.2 Å². The first-order chi connectivity index (χ1) is 8.15. The van der Waals surface area contributed by atoms with E-state index in [9.17, 15) is 9.18 Å². The van der Waals surface area contributed by atoms with E-state index in [0.29, 0.717) is 18.8 Å². The van der Waals surface area contributed by atoms with E-state index < -0.39 is 11.7 Å². The molecule has 0 radical (unpaired) electrons. The maximum Gasteiger partial charge on any atom is 0.254 e. The van der Waals surface area contributed by atoms with Gasteiger partial charge in [-0.2, -0.15) is 0 Å². The van der Waals surface area contributed by atoms with Crippen molar-refractivity contribution in [1.82, 2.24) is 5.32 Å². The number of rotatable bonds is 6. The summed E-state index contributed by atoms with van der Waals surface area (Å²) in [6.45, 7) is 1.15. The second-order valence-electron chi connectivity index (χ2n) is 3.70. The van der Waals surface area contributed by atoms with Crippen molar-refractivity contribution in [3.8, 4) is 0 Å². The maximum atomic E-state index is 13.3. The van der Waals surface area contributed by atoms with Crippen molar-refractivity contribution in [2.45, 2.75) is 12.8 Å². The van der Waals surface area contributed by atoms with Gasteiger partial charge in [-0.15, -0.1) is 0 Å². The van der Waals surface area contributed by atoms with Gasteiger partial charge < -0.3 is 15.8 Å². The number of nitrogens with one attached hydrogen (secondary N) is 1. The van der Waals surface area contributed by atoms with Crippen LogP contribution >= 0.6 is 0 Å². The summed E-state index contributed by atoms with van der Waals surface area (Å²) in [6.07, 6.45) is 1.65. The van der Waals surface area contributed by atoms with Gasteiger partial charge in [0.25, 0.3) is 5.91 Å². The second kappa shape index (κ2) is 6.85.